The largest absolute Gasteiger partial charge is 0.331 e. The van der Waals surface area contributed by atoms with Crippen LogP contribution in [-0.4, -0.2) is 38.8 Å². The van der Waals surface area contributed by atoms with E-state index in [1.54, 1.807) is 12.7 Å². The first-order valence-electron chi connectivity index (χ1n) is 9.26. The van der Waals surface area contributed by atoms with Crippen molar-refractivity contribution in [3.05, 3.63) is 48.5 Å². The first-order chi connectivity index (χ1) is 12.3. The highest BCUT2D eigenvalue weighted by Crippen LogP contribution is 2.37. The van der Waals surface area contributed by atoms with Gasteiger partial charge in [0.05, 0.1) is 12.1 Å². The number of amides is 2. The Bertz CT molecular complexity index is 675. The molecule has 1 N–H and O–H groups in total. The quantitative estimate of drug-likeness (QED) is 0.930. The Labute approximate surface area is 148 Å². The van der Waals surface area contributed by atoms with Crippen LogP contribution in [0.3, 0.4) is 0 Å². The van der Waals surface area contributed by atoms with Crippen LogP contribution in [0.25, 0.3) is 0 Å². The number of nitrogens with one attached hydrogen (secondary N) is 1. The van der Waals surface area contributed by atoms with Gasteiger partial charge in [0.25, 0.3) is 0 Å². The van der Waals surface area contributed by atoms with Gasteiger partial charge in [0.15, 0.2) is 0 Å². The molecule has 2 aliphatic rings. The van der Waals surface area contributed by atoms with Gasteiger partial charge in [-0.3, -0.25) is 0 Å². The molecule has 4 rings (SSSR count). The van der Waals surface area contributed by atoms with Crippen molar-refractivity contribution in [1.82, 2.24) is 25.0 Å². The molecule has 2 heterocycles. The Hall–Kier alpha value is -2.37. The van der Waals surface area contributed by atoms with E-state index in [-0.39, 0.29) is 12.1 Å². The molecule has 1 unspecified atom stereocenters. The number of carbonyl (C=O) groups is 1. The number of carbonyl (C=O) groups excluding carboxylic acids is 1. The molecule has 0 spiro atoms. The van der Waals surface area contributed by atoms with Crippen molar-refractivity contribution in [2.75, 3.05) is 13.1 Å². The maximum atomic E-state index is 12.8. The second kappa shape index (κ2) is 7.25. The molecule has 2 fully saturated rings. The molecule has 2 aromatic rings. The highest BCUT2D eigenvalue weighted by atomic mass is 16.2. The number of aromatic nitrogens is 3. The summed E-state index contributed by atoms with van der Waals surface area (Å²) in [5.41, 5.74) is 1.22. The van der Waals surface area contributed by atoms with Gasteiger partial charge < -0.3 is 10.2 Å². The van der Waals surface area contributed by atoms with Gasteiger partial charge in [-0.05, 0) is 37.2 Å². The van der Waals surface area contributed by atoms with E-state index >= 15 is 0 Å². The van der Waals surface area contributed by atoms with Gasteiger partial charge >= 0.3 is 6.03 Å². The summed E-state index contributed by atoms with van der Waals surface area (Å²) in [5, 5.41) is 7.53. The fraction of sp³-hybridized carbons (Fsp3) is 0.526. The zero-order valence-electron chi connectivity index (χ0n) is 14.4. The van der Waals surface area contributed by atoms with Crippen LogP contribution in [0.15, 0.2) is 43.0 Å². The number of piperidine rings is 1. The second-order valence-corrected chi connectivity index (χ2v) is 7.12. The van der Waals surface area contributed by atoms with Gasteiger partial charge in [-0.15, -0.1) is 0 Å². The molecule has 1 atom stereocenters. The van der Waals surface area contributed by atoms with Gasteiger partial charge in [0.1, 0.15) is 12.7 Å². The van der Waals surface area contributed by atoms with E-state index < -0.39 is 0 Å². The Morgan fingerprint density at radius 3 is 2.48 bits per heavy atom. The predicted molar refractivity (Wildman–Crippen MR) is 94.9 cm³/mol. The molecule has 1 saturated carbocycles. The maximum Gasteiger partial charge on any atom is 0.317 e. The first kappa shape index (κ1) is 16.1. The molecular weight excluding hydrogens is 314 g/mol. The fourth-order valence-electron chi connectivity index (χ4n) is 3.87. The zero-order chi connectivity index (χ0) is 17.1. The molecular formula is C19H25N5O. The van der Waals surface area contributed by atoms with E-state index in [4.69, 9.17) is 0 Å². The van der Waals surface area contributed by atoms with E-state index in [9.17, 15) is 4.79 Å². The lowest BCUT2D eigenvalue weighted by atomic mass is 9.77. The summed E-state index contributed by atoms with van der Waals surface area (Å²) in [6, 6.07) is 10.9. The van der Waals surface area contributed by atoms with Crippen LogP contribution in [0.5, 0.6) is 0 Å². The van der Waals surface area contributed by atoms with Crippen LogP contribution in [0, 0.1) is 5.92 Å². The van der Waals surface area contributed by atoms with Crippen molar-refractivity contribution in [3.8, 4) is 0 Å². The van der Waals surface area contributed by atoms with Crippen LogP contribution in [0.2, 0.25) is 0 Å². The van der Waals surface area contributed by atoms with Crippen molar-refractivity contribution in [3.63, 3.8) is 0 Å². The molecule has 6 heteroatoms. The van der Waals surface area contributed by atoms with Crippen LogP contribution in [0.4, 0.5) is 4.79 Å². The number of hydrogen-bond acceptors (Lipinski definition) is 3. The van der Waals surface area contributed by atoms with Gasteiger partial charge in [-0.2, -0.15) is 5.10 Å². The average molecular weight is 339 g/mol. The molecule has 1 aromatic carbocycles. The normalized spacial score (nSPS) is 20.1. The van der Waals surface area contributed by atoms with Crippen LogP contribution in [0.1, 0.15) is 49.8 Å². The number of hydrogen-bond donors (Lipinski definition) is 1. The smallest absolute Gasteiger partial charge is 0.317 e. The molecule has 132 valence electrons. The molecule has 1 aliphatic heterocycles. The third kappa shape index (κ3) is 3.52. The van der Waals surface area contributed by atoms with Gasteiger partial charge in [-0.1, -0.05) is 36.8 Å². The minimum atomic E-state index is 0.0674. The highest BCUT2D eigenvalue weighted by Gasteiger charge is 2.32. The number of nitrogens with zero attached hydrogens (tertiary/aromatic N) is 4. The van der Waals surface area contributed by atoms with Gasteiger partial charge in [-0.25, -0.2) is 14.5 Å². The lowest BCUT2D eigenvalue weighted by molar-refractivity contribution is 0.153. The summed E-state index contributed by atoms with van der Waals surface area (Å²) < 4.78 is 1.91. The fourth-order valence-corrected chi connectivity index (χ4v) is 3.87. The summed E-state index contributed by atoms with van der Waals surface area (Å²) in [6.07, 6.45) is 8.87. The Kier molecular flexibility index (Phi) is 4.68. The topological polar surface area (TPSA) is 63.1 Å². The minimum Gasteiger partial charge on any atom is -0.331 e. The summed E-state index contributed by atoms with van der Waals surface area (Å²) in [5.74, 6) is 0.569. The summed E-state index contributed by atoms with van der Waals surface area (Å²) in [6.45, 7) is 1.53. The zero-order valence-corrected chi connectivity index (χ0v) is 14.4. The number of benzene rings is 1. The molecule has 1 aliphatic carbocycles. The van der Waals surface area contributed by atoms with E-state index in [1.807, 2.05) is 15.6 Å². The standard InChI is InChI=1S/C19H25N5O/c25-19(23-11-9-17(10-12-23)24-14-20-13-21-24)22-18(16-7-4-8-16)15-5-2-1-3-6-15/h1-3,5-6,13-14,16-18H,4,7-12H2,(H,22,25). The summed E-state index contributed by atoms with van der Waals surface area (Å²) >= 11 is 0. The van der Waals surface area contributed by atoms with Gasteiger partial charge in [0.2, 0.25) is 0 Å². The highest BCUT2D eigenvalue weighted by molar-refractivity contribution is 5.75. The Morgan fingerprint density at radius 2 is 1.88 bits per heavy atom. The van der Waals surface area contributed by atoms with E-state index in [0.717, 1.165) is 25.9 Å². The average Bonchev–Trinajstić information content (AvgIpc) is 3.15. The van der Waals surface area contributed by atoms with Crippen molar-refractivity contribution >= 4 is 6.03 Å². The SMILES string of the molecule is O=C(NC(c1ccccc1)C1CCC1)N1CCC(n2cncn2)CC1. The van der Waals surface area contributed by atoms with Crippen molar-refractivity contribution in [1.29, 1.82) is 0 Å². The molecule has 1 aromatic heterocycles. The lowest BCUT2D eigenvalue weighted by Crippen LogP contribution is -2.47. The number of rotatable bonds is 4. The van der Waals surface area contributed by atoms with Crippen LogP contribution >= 0.6 is 0 Å². The van der Waals surface area contributed by atoms with E-state index in [2.05, 4.69) is 39.7 Å². The molecule has 6 nitrogen and oxygen atoms in total. The van der Waals surface area contributed by atoms with Crippen molar-refractivity contribution < 1.29 is 4.79 Å². The molecule has 2 amide bonds. The van der Waals surface area contributed by atoms with E-state index in [0.29, 0.717) is 12.0 Å². The molecule has 0 radical (unpaired) electrons. The van der Waals surface area contributed by atoms with Gasteiger partial charge in [0, 0.05) is 13.1 Å². The van der Waals surface area contributed by atoms with Crippen molar-refractivity contribution in [2.24, 2.45) is 5.92 Å². The maximum absolute atomic E-state index is 12.8. The first-order valence-corrected chi connectivity index (χ1v) is 9.26. The summed E-state index contributed by atoms with van der Waals surface area (Å²) in [7, 11) is 0. The monoisotopic (exact) mass is 339 g/mol. The predicted octanol–water partition coefficient (Wildman–Crippen LogP) is 3.17. The van der Waals surface area contributed by atoms with Crippen molar-refractivity contribution in [2.45, 2.75) is 44.2 Å². The molecule has 25 heavy (non-hydrogen) atoms. The molecule has 0 bridgehead atoms. The minimum absolute atomic E-state index is 0.0674. The Balaban J connectivity index is 1.37. The molecule has 1 saturated heterocycles. The van der Waals surface area contributed by atoms with Crippen LogP contribution < -0.4 is 5.32 Å². The number of urea groups is 1. The van der Waals surface area contributed by atoms with E-state index in [1.165, 1.54) is 24.8 Å². The third-order valence-electron chi connectivity index (χ3n) is 5.62. The third-order valence-corrected chi connectivity index (χ3v) is 5.62. The summed E-state index contributed by atoms with van der Waals surface area (Å²) in [4.78, 5) is 18.8. The van der Waals surface area contributed by atoms with Crippen LogP contribution in [-0.2, 0) is 0 Å². The number of likely N-dealkylation sites (tertiary alicyclic amines) is 1. The Morgan fingerprint density at radius 1 is 1.12 bits per heavy atom. The lowest BCUT2D eigenvalue weighted by Gasteiger charge is -2.37. The second-order valence-electron chi connectivity index (χ2n) is 7.12.